The van der Waals surface area contributed by atoms with Gasteiger partial charge in [0.2, 0.25) is 0 Å². The van der Waals surface area contributed by atoms with E-state index in [0.29, 0.717) is 37.5 Å². The molecule has 34 heavy (non-hydrogen) atoms. The Morgan fingerprint density at radius 2 is 1.79 bits per heavy atom. The summed E-state index contributed by atoms with van der Waals surface area (Å²) in [6.45, 7) is 9.47. The van der Waals surface area contributed by atoms with E-state index in [2.05, 4.69) is 9.97 Å². The third-order valence-electron chi connectivity index (χ3n) is 5.70. The molecule has 2 heterocycles. The Labute approximate surface area is 198 Å². The number of hydrogen-bond acceptors (Lipinski definition) is 6. The SMILES string of the molecule is Cc1ccc2c(N3CCN(C(=O)/C(O)=C/C(C)(C)C)CC3)nc(-c3c(O)cccc3F)nc2c1. The molecule has 0 unspecified atom stereocenters. The highest BCUT2D eigenvalue weighted by atomic mass is 19.1. The number of aryl methyl sites for hydroxylation is 1. The number of aromatic nitrogens is 2. The first-order valence-corrected chi connectivity index (χ1v) is 11.3. The van der Waals surface area contributed by atoms with Crippen LogP contribution in [0.3, 0.4) is 0 Å². The maximum atomic E-state index is 14.6. The first-order valence-electron chi connectivity index (χ1n) is 11.3. The van der Waals surface area contributed by atoms with Crippen molar-refractivity contribution < 1.29 is 19.4 Å². The molecule has 1 aliphatic heterocycles. The van der Waals surface area contributed by atoms with E-state index in [1.165, 1.54) is 18.2 Å². The van der Waals surface area contributed by atoms with Gasteiger partial charge < -0.3 is 20.0 Å². The second-order valence-electron chi connectivity index (χ2n) is 9.70. The molecule has 2 N–H and O–H groups in total. The van der Waals surface area contributed by atoms with Crippen LogP contribution in [-0.4, -0.2) is 57.2 Å². The highest BCUT2D eigenvalue weighted by Gasteiger charge is 2.27. The summed E-state index contributed by atoms with van der Waals surface area (Å²) < 4.78 is 14.6. The molecule has 1 fully saturated rings. The van der Waals surface area contributed by atoms with Gasteiger partial charge >= 0.3 is 0 Å². The Hall–Kier alpha value is -3.68. The second-order valence-corrected chi connectivity index (χ2v) is 9.70. The molecule has 1 aliphatic rings. The number of halogens is 1. The van der Waals surface area contributed by atoms with Gasteiger partial charge in [0.15, 0.2) is 11.6 Å². The number of phenols is 1. The molecule has 0 spiro atoms. The number of anilines is 1. The van der Waals surface area contributed by atoms with Gasteiger partial charge in [0.25, 0.3) is 5.91 Å². The van der Waals surface area contributed by atoms with E-state index >= 15 is 0 Å². The van der Waals surface area contributed by atoms with E-state index in [-0.39, 0.29) is 28.3 Å². The predicted octanol–water partition coefficient (Wildman–Crippen LogP) is 4.59. The number of fused-ring (bicyclic) bond motifs is 1. The zero-order chi connectivity index (χ0) is 24.6. The fraction of sp³-hybridized carbons (Fsp3) is 0.346. The lowest BCUT2D eigenvalue weighted by Crippen LogP contribution is -2.49. The number of allylic oxidation sites excluding steroid dienone is 1. The first-order chi connectivity index (χ1) is 16.0. The average molecular weight is 465 g/mol. The number of aliphatic hydroxyl groups is 1. The second kappa shape index (κ2) is 8.93. The molecule has 0 bridgehead atoms. The molecule has 0 atom stereocenters. The summed E-state index contributed by atoms with van der Waals surface area (Å²) in [4.78, 5) is 25.5. The molecule has 3 aromatic rings. The molecule has 1 amide bonds. The van der Waals surface area contributed by atoms with Gasteiger partial charge in [0, 0.05) is 31.6 Å². The van der Waals surface area contributed by atoms with Gasteiger partial charge in [-0.15, -0.1) is 0 Å². The van der Waals surface area contributed by atoms with Gasteiger partial charge in [-0.3, -0.25) is 4.79 Å². The Morgan fingerprint density at radius 1 is 1.09 bits per heavy atom. The van der Waals surface area contributed by atoms with E-state index in [0.717, 1.165) is 10.9 Å². The van der Waals surface area contributed by atoms with Gasteiger partial charge in [0.05, 0.1) is 11.1 Å². The lowest BCUT2D eigenvalue weighted by molar-refractivity contribution is -0.130. The van der Waals surface area contributed by atoms with Crippen molar-refractivity contribution in [2.45, 2.75) is 27.7 Å². The van der Waals surface area contributed by atoms with Gasteiger partial charge in [-0.2, -0.15) is 0 Å². The zero-order valence-electron chi connectivity index (χ0n) is 19.8. The lowest BCUT2D eigenvalue weighted by atomic mass is 9.95. The van der Waals surface area contributed by atoms with Crippen LogP contribution in [0, 0.1) is 18.2 Å². The van der Waals surface area contributed by atoms with Crippen molar-refractivity contribution >= 4 is 22.6 Å². The number of aliphatic hydroxyl groups excluding tert-OH is 1. The molecule has 1 saturated heterocycles. The van der Waals surface area contributed by atoms with Crippen LogP contribution in [0.5, 0.6) is 5.75 Å². The molecule has 7 nitrogen and oxygen atoms in total. The third kappa shape index (κ3) is 4.81. The van der Waals surface area contributed by atoms with E-state index < -0.39 is 11.7 Å². The van der Waals surface area contributed by atoms with Gasteiger partial charge in [-0.05, 0) is 48.2 Å². The molecular weight excluding hydrogens is 435 g/mol. The fourth-order valence-electron chi connectivity index (χ4n) is 4.07. The molecule has 0 aliphatic carbocycles. The first kappa shape index (κ1) is 23.5. The number of carbonyl (C=O) groups is 1. The van der Waals surface area contributed by atoms with Crippen LogP contribution >= 0.6 is 0 Å². The van der Waals surface area contributed by atoms with E-state index in [4.69, 9.17) is 0 Å². The number of aromatic hydroxyl groups is 1. The number of phenolic OH excluding ortho intramolecular Hbond substituents is 1. The van der Waals surface area contributed by atoms with Gasteiger partial charge in [0.1, 0.15) is 17.4 Å². The minimum absolute atomic E-state index is 0.0433. The molecule has 2 aromatic carbocycles. The van der Waals surface area contributed by atoms with E-state index in [9.17, 15) is 19.4 Å². The molecule has 8 heteroatoms. The maximum absolute atomic E-state index is 14.6. The minimum atomic E-state index is -0.602. The van der Waals surface area contributed by atoms with Crippen molar-refractivity contribution in [3.05, 3.63) is 59.6 Å². The number of benzene rings is 2. The van der Waals surface area contributed by atoms with Crippen LogP contribution in [-0.2, 0) is 4.79 Å². The monoisotopic (exact) mass is 464 g/mol. The van der Waals surface area contributed by atoms with Crippen LogP contribution in [0.1, 0.15) is 26.3 Å². The molecule has 178 valence electrons. The van der Waals surface area contributed by atoms with Crippen LogP contribution in [0.4, 0.5) is 10.2 Å². The molecule has 1 aromatic heterocycles. The Kier molecular flexibility index (Phi) is 6.17. The maximum Gasteiger partial charge on any atom is 0.288 e. The minimum Gasteiger partial charge on any atom is -0.507 e. The largest absolute Gasteiger partial charge is 0.507 e. The molecule has 0 radical (unpaired) electrons. The smallest absolute Gasteiger partial charge is 0.288 e. The number of nitrogens with zero attached hydrogens (tertiary/aromatic N) is 4. The van der Waals surface area contributed by atoms with Crippen LogP contribution in [0.15, 0.2) is 48.2 Å². The third-order valence-corrected chi connectivity index (χ3v) is 5.70. The topological polar surface area (TPSA) is 89.8 Å². The van der Waals surface area contributed by atoms with Crippen molar-refractivity contribution in [1.82, 2.24) is 14.9 Å². The fourth-order valence-corrected chi connectivity index (χ4v) is 4.07. The number of amides is 1. The van der Waals surface area contributed by atoms with Crippen LogP contribution in [0.2, 0.25) is 0 Å². The van der Waals surface area contributed by atoms with Crippen molar-refractivity contribution in [3.63, 3.8) is 0 Å². The summed E-state index contributed by atoms with van der Waals surface area (Å²) in [5.74, 6) is -0.753. The van der Waals surface area contributed by atoms with Crippen LogP contribution < -0.4 is 4.90 Å². The quantitative estimate of drug-likeness (QED) is 0.435. The Bertz CT molecular complexity index is 1250. The Morgan fingerprint density at radius 3 is 2.44 bits per heavy atom. The number of rotatable bonds is 3. The number of hydrogen-bond donors (Lipinski definition) is 2. The zero-order valence-corrected chi connectivity index (χ0v) is 19.8. The van der Waals surface area contributed by atoms with Crippen molar-refractivity contribution in [2.75, 3.05) is 31.1 Å². The highest BCUT2D eigenvalue weighted by molar-refractivity contribution is 5.93. The van der Waals surface area contributed by atoms with Crippen molar-refractivity contribution in [1.29, 1.82) is 0 Å². The highest BCUT2D eigenvalue weighted by Crippen LogP contribution is 2.34. The summed E-state index contributed by atoms with van der Waals surface area (Å²) in [5, 5.41) is 21.3. The average Bonchev–Trinajstić information content (AvgIpc) is 2.76. The van der Waals surface area contributed by atoms with E-state index in [1.54, 1.807) is 11.0 Å². The lowest BCUT2D eigenvalue weighted by Gasteiger charge is -2.36. The van der Waals surface area contributed by atoms with E-state index in [1.807, 2.05) is 50.8 Å². The van der Waals surface area contributed by atoms with Gasteiger partial charge in [-0.1, -0.05) is 32.9 Å². The molecule has 4 rings (SSSR count). The molecule has 0 saturated carbocycles. The summed E-state index contributed by atoms with van der Waals surface area (Å²) in [6, 6.07) is 9.90. The predicted molar refractivity (Wildman–Crippen MR) is 130 cm³/mol. The standard InChI is InChI=1S/C26H29FN4O3/c1-16-8-9-17-19(14-16)28-23(22-18(27)6-5-7-20(22)32)29-24(17)30-10-12-31(13-11-30)25(34)21(33)15-26(2,3)4/h5-9,14-15,32-33H,10-13H2,1-4H3/b21-15-. The summed E-state index contributed by atoms with van der Waals surface area (Å²) in [6.07, 6.45) is 1.56. The van der Waals surface area contributed by atoms with Crippen molar-refractivity contribution in [3.8, 4) is 17.1 Å². The van der Waals surface area contributed by atoms with Crippen molar-refractivity contribution in [2.24, 2.45) is 5.41 Å². The normalized spacial score (nSPS) is 15.1. The number of piperazine rings is 1. The number of carbonyl (C=O) groups excluding carboxylic acids is 1. The molecular formula is C26H29FN4O3. The van der Waals surface area contributed by atoms with Gasteiger partial charge in [-0.25, -0.2) is 14.4 Å². The van der Waals surface area contributed by atoms with Crippen LogP contribution in [0.25, 0.3) is 22.3 Å². The Balaban J connectivity index is 1.67. The summed E-state index contributed by atoms with van der Waals surface area (Å²) in [5.41, 5.74) is 1.29. The summed E-state index contributed by atoms with van der Waals surface area (Å²) >= 11 is 0. The summed E-state index contributed by atoms with van der Waals surface area (Å²) in [7, 11) is 0.